The lowest BCUT2D eigenvalue weighted by atomic mass is 10.0. The van der Waals surface area contributed by atoms with Gasteiger partial charge in [0.15, 0.2) is 5.69 Å². The van der Waals surface area contributed by atoms with Crippen LogP contribution >= 0.6 is 0 Å². The van der Waals surface area contributed by atoms with E-state index in [-0.39, 0.29) is 28.6 Å². The van der Waals surface area contributed by atoms with Crippen LogP contribution in [0.5, 0.6) is 5.88 Å². The Balaban J connectivity index is 1.67. The van der Waals surface area contributed by atoms with E-state index in [0.29, 0.717) is 40.2 Å². The Hall–Kier alpha value is -4.48. The fourth-order valence-corrected chi connectivity index (χ4v) is 3.78. The summed E-state index contributed by atoms with van der Waals surface area (Å²) in [4.78, 5) is 29.2. The van der Waals surface area contributed by atoms with E-state index >= 15 is 0 Å². The second-order valence-electron chi connectivity index (χ2n) is 8.06. The van der Waals surface area contributed by atoms with Crippen molar-refractivity contribution in [2.24, 2.45) is 0 Å². The Bertz CT molecular complexity index is 1520. The first-order valence-electron chi connectivity index (χ1n) is 11.5. The number of carbonyl (C=O) groups is 2. The maximum atomic E-state index is 14.3. The van der Waals surface area contributed by atoms with Crippen molar-refractivity contribution in [3.63, 3.8) is 0 Å². The summed E-state index contributed by atoms with van der Waals surface area (Å²) in [7, 11) is 0.936. The minimum absolute atomic E-state index is 0.107. The molecular formula is C25H21F4N5O3. The number of hydrogen-bond donors (Lipinski definition) is 3. The molecule has 0 bridgehead atoms. The first-order chi connectivity index (χ1) is 18.0. The van der Waals surface area contributed by atoms with Gasteiger partial charge in [0.05, 0.1) is 25.6 Å². The predicted molar refractivity (Wildman–Crippen MR) is 127 cm³/mol. The highest BCUT2D eigenvalue weighted by molar-refractivity contribution is 6.05. The van der Waals surface area contributed by atoms with Gasteiger partial charge in [-0.15, -0.1) is 0 Å². The fourth-order valence-electron chi connectivity index (χ4n) is 3.78. The highest BCUT2D eigenvalue weighted by Gasteiger charge is 2.32. The van der Waals surface area contributed by atoms with E-state index in [1.807, 2.05) is 0 Å². The van der Waals surface area contributed by atoms with Gasteiger partial charge in [-0.1, -0.05) is 6.07 Å². The smallest absolute Gasteiger partial charge is 0.416 e. The number of alkyl halides is 3. The summed E-state index contributed by atoms with van der Waals surface area (Å²) in [6.45, 7) is 1.34. The molecule has 2 heterocycles. The number of benzene rings is 2. The van der Waals surface area contributed by atoms with E-state index < -0.39 is 36.6 Å². The molecule has 8 nitrogen and oxygen atoms in total. The Morgan fingerprint density at radius 1 is 1.11 bits per heavy atom. The number of nitrogens with one attached hydrogen (secondary N) is 3. The van der Waals surface area contributed by atoms with Crippen LogP contribution in [-0.2, 0) is 6.18 Å². The Labute approximate surface area is 209 Å². The zero-order chi connectivity index (χ0) is 27.6. The molecule has 3 N–H and O–H groups in total. The lowest BCUT2D eigenvalue weighted by Gasteiger charge is -2.18. The molecule has 12 heteroatoms. The quantitative estimate of drug-likeness (QED) is 0.324. The van der Waals surface area contributed by atoms with Gasteiger partial charge in [0.25, 0.3) is 11.8 Å². The molecule has 37 heavy (non-hydrogen) atoms. The number of aromatic nitrogens is 3. The highest BCUT2D eigenvalue weighted by Crippen LogP contribution is 2.32. The van der Waals surface area contributed by atoms with Crippen LogP contribution in [0.25, 0.3) is 22.0 Å². The average molecular weight is 516 g/mol. The summed E-state index contributed by atoms with van der Waals surface area (Å²) in [5.74, 6) is -2.25. The molecule has 192 valence electrons. The number of halogens is 4. The van der Waals surface area contributed by atoms with Crippen LogP contribution < -0.4 is 15.4 Å². The molecule has 0 saturated carbocycles. The number of aromatic amines is 1. The number of amides is 2. The largest absolute Gasteiger partial charge is 0.480 e. The Morgan fingerprint density at radius 2 is 1.89 bits per heavy atom. The van der Waals surface area contributed by atoms with E-state index in [4.69, 9.17) is 6.11 Å². The molecule has 4 aromatic rings. The van der Waals surface area contributed by atoms with Crippen molar-refractivity contribution in [1.82, 2.24) is 25.8 Å². The molecule has 2 aromatic heterocycles. The zero-order valence-corrected chi connectivity index (χ0v) is 19.5. The number of H-pyrrole nitrogens is 1. The summed E-state index contributed by atoms with van der Waals surface area (Å²) < 4.78 is 66.1. The summed E-state index contributed by atoms with van der Waals surface area (Å²) >= 11 is 0. The highest BCUT2D eigenvalue weighted by atomic mass is 19.4. The normalized spacial score (nSPS) is 12.6. The third-order valence-corrected chi connectivity index (χ3v) is 5.71. The van der Waals surface area contributed by atoms with Crippen molar-refractivity contribution in [3.8, 4) is 17.0 Å². The molecule has 4 rings (SSSR count). The van der Waals surface area contributed by atoms with Gasteiger partial charge < -0.3 is 15.4 Å². The van der Waals surface area contributed by atoms with E-state index in [0.717, 1.165) is 0 Å². The lowest BCUT2D eigenvalue weighted by molar-refractivity contribution is -0.137. The number of fused-ring (bicyclic) bond motifs is 1. The van der Waals surface area contributed by atoms with Crippen molar-refractivity contribution in [1.29, 1.82) is 0 Å². The molecule has 0 aliphatic heterocycles. The van der Waals surface area contributed by atoms with E-state index in [1.165, 1.54) is 26.2 Å². The molecule has 2 amide bonds. The maximum Gasteiger partial charge on any atom is 0.416 e. The Kier molecular flexibility index (Phi) is 6.47. The molecule has 0 aliphatic rings. The van der Waals surface area contributed by atoms with Crippen molar-refractivity contribution in [2.75, 3.05) is 14.1 Å². The number of nitrogens with zero attached hydrogens (tertiary/aromatic N) is 2. The van der Waals surface area contributed by atoms with Gasteiger partial charge in [0.2, 0.25) is 5.88 Å². The van der Waals surface area contributed by atoms with Gasteiger partial charge in [0.1, 0.15) is 11.4 Å². The summed E-state index contributed by atoms with van der Waals surface area (Å²) in [5.41, 5.74) is 0.311. The van der Waals surface area contributed by atoms with Crippen LogP contribution in [0.2, 0.25) is 0 Å². The monoisotopic (exact) mass is 516 g/mol. The van der Waals surface area contributed by atoms with Crippen LogP contribution in [0.1, 0.15) is 46.3 Å². The summed E-state index contributed by atoms with van der Waals surface area (Å²) in [6, 6.07) is 7.30. The molecule has 0 unspecified atom stereocenters. The average Bonchev–Trinajstić information content (AvgIpc) is 3.31. The van der Waals surface area contributed by atoms with Crippen LogP contribution in [-0.4, -0.2) is 41.1 Å². The van der Waals surface area contributed by atoms with Gasteiger partial charge in [0, 0.05) is 29.8 Å². The van der Waals surface area contributed by atoms with Crippen LogP contribution in [0, 0.1) is 5.82 Å². The van der Waals surface area contributed by atoms with Gasteiger partial charge >= 0.3 is 6.18 Å². The molecule has 0 fully saturated rings. The maximum absolute atomic E-state index is 14.3. The predicted octanol–water partition coefficient (Wildman–Crippen LogP) is 4.64. The van der Waals surface area contributed by atoms with Crippen LogP contribution in [0.4, 0.5) is 17.6 Å². The fraction of sp³-hybridized carbons (Fsp3) is 0.200. The summed E-state index contributed by atoms with van der Waals surface area (Å²) in [5, 5.41) is 12.3. The van der Waals surface area contributed by atoms with E-state index in [2.05, 4.69) is 25.8 Å². The first-order valence-corrected chi connectivity index (χ1v) is 10.8. The third kappa shape index (κ3) is 5.08. The third-order valence-electron chi connectivity index (χ3n) is 5.71. The van der Waals surface area contributed by atoms with Crippen molar-refractivity contribution < 1.29 is 33.3 Å². The molecule has 0 radical (unpaired) electrons. The van der Waals surface area contributed by atoms with Crippen LogP contribution in [0.15, 0.2) is 48.7 Å². The minimum Gasteiger partial charge on any atom is -0.480 e. The van der Waals surface area contributed by atoms with E-state index in [9.17, 15) is 27.2 Å². The first kappa shape index (κ1) is 24.2. The number of ether oxygens (including phenoxy) is 1. The number of pyridine rings is 1. The van der Waals surface area contributed by atoms with E-state index in [1.54, 1.807) is 18.2 Å². The zero-order valence-electron chi connectivity index (χ0n) is 20.5. The molecule has 0 saturated heterocycles. The number of hydrogen-bond acceptors (Lipinski definition) is 5. The SMILES string of the molecule is [2H]COc1ncc(-c2ccc3c(C(=O)NC)n[nH]c3c2)cc1C(=O)N[C@H](C)c1cc(C(F)(F)F)ccc1F. The number of carbonyl (C=O) groups excluding carboxylic acids is 2. The topological polar surface area (TPSA) is 109 Å². The molecule has 0 spiro atoms. The number of rotatable bonds is 6. The standard InChI is InChI=1S/C25H21F4N5O3/c1-12(17-10-15(25(27,28)29)5-7-19(17)26)32-22(35)18-8-14(11-31-24(18)37-3)13-4-6-16-20(9-13)33-34-21(16)23(36)30-2/h4-12H,1-3H3,(H,30,36)(H,32,35)(H,33,34)/t12-/m1/s1/i3D. The minimum atomic E-state index is -4.68. The van der Waals surface area contributed by atoms with Gasteiger partial charge in [-0.2, -0.15) is 18.3 Å². The van der Waals surface area contributed by atoms with Crippen molar-refractivity contribution >= 4 is 22.7 Å². The van der Waals surface area contributed by atoms with Crippen LogP contribution in [0.3, 0.4) is 0 Å². The molecule has 0 aliphatic carbocycles. The molecule has 2 aromatic carbocycles. The lowest BCUT2D eigenvalue weighted by Crippen LogP contribution is -2.28. The summed E-state index contributed by atoms with van der Waals surface area (Å²) in [6.07, 6.45) is -3.27. The molecule has 1 atom stereocenters. The van der Waals surface area contributed by atoms with Gasteiger partial charge in [-0.3, -0.25) is 14.7 Å². The second kappa shape index (κ2) is 9.88. The van der Waals surface area contributed by atoms with Gasteiger partial charge in [-0.05, 0) is 48.9 Å². The Morgan fingerprint density at radius 3 is 2.59 bits per heavy atom. The second-order valence-corrected chi connectivity index (χ2v) is 8.06. The van der Waals surface area contributed by atoms with Gasteiger partial charge in [-0.25, -0.2) is 9.37 Å². The van der Waals surface area contributed by atoms with Crippen molar-refractivity contribution in [3.05, 3.63) is 76.9 Å². The van der Waals surface area contributed by atoms with Crippen molar-refractivity contribution in [2.45, 2.75) is 19.1 Å². The number of methoxy groups -OCH3 is 1. The molecular weight excluding hydrogens is 494 g/mol.